The number of carbonyl (C=O) groups is 1. The molecule has 2 bridgehead atoms. The molecule has 1 aliphatic carbocycles. The minimum absolute atomic E-state index is 0.0673. The van der Waals surface area contributed by atoms with Gasteiger partial charge >= 0.3 is 5.97 Å². The summed E-state index contributed by atoms with van der Waals surface area (Å²) >= 11 is 0. The normalized spacial score (nSPS) is 26.9. The molecule has 3 heterocycles. The Balaban J connectivity index is 1.53. The first-order valence-corrected chi connectivity index (χ1v) is 9.39. The Kier molecular flexibility index (Phi) is 4.56. The lowest BCUT2D eigenvalue weighted by atomic mass is 9.63. The molecular weight excluding hydrogens is 346 g/mol. The van der Waals surface area contributed by atoms with Crippen LogP contribution in [0.15, 0.2) is 28.8 Å². The minimum Gasteiger partial charge on any atom is -0.469 e. The molecule has 0 amide bonds. The van der Waals surface area contributed by atoms with Gasteiger partial charge in [-0.2, -0.15) is 0 Å². The summed E-state index contributed by atoms with van der Waals surface area (Å²) < 4.78 is 16.6. The summed E-state index contributed by atoms with van der Waals surface area (Å²) in [5.74, 6) is 0.462. The highest BCUT2D eigenvalue weighted by molar-refractivity contribution is 5.70. The lowest BCUT2D eigenvalue weighted by Gasteiger charge is -2.53. The fraction of sp³-hybridized carbons (Fsp3) is 0.524. The van der Waals surface area contributed by atoms with Crippen LogP contribution in [0.2, 0.25) is 0 Å². The highest BCUT2D eigenvalue weighted by Crippen LogP contribution is 2.55. The monoisotopic (exact) mass is 371 g/mol. The van der Waals surface area contributed by atoms with Crippen molar-refractivity contribution in [2.45, 2.75) is 51.2 Å². The third-order valence-corrected chi connectivity index (χ3v) is 6.34. The zero-order chi connectivity index (χ0) is 19.1. The molecule has 2 saturated heterocycles. The van der Waals surface area contributed by atoms with E-state index >= 15 is 0 Å². The topological polar surface area (TPSA) is 81.8 Å². The van der Waals surface area contributed by atoms with Gasteiger partial charge in [0.1, 0.15) is 0 Å². The van der Waals surface area contributed by atoms with Crippen molar-refractivity contribution in [1.82, 2.24) is 5.16 Å². The summed E-state index contributed by atoms with van der Waals surface area (Å²) in [6.45, 7) is 2.33. The molecule has 0 radical (unpaired) electrons. The van der Waals surface area contributed by atoms with Gasteiger partial charge in [0.15, 0.2) is 5.76 Å². The van der Waals surface area contributed by atoms with Crippen molar-refractivity contribution in [3.05, 3.63) is 41.1 Å². The second-order valence-electron chi connectivity index (χ2n) is 7.85. The van der Waals surface area contributed by atoms with Crippen LogP contribution in [0, 0.1) is 12.3 Å². The predicted molar refractivity (Wildman–Crippen MR) is 97.8 cm³/mol. The van der Waals surface area contributed by atoms with Gasteiger partial charge in [-0.1, -0.05) is 29.4 Å². The summed E-state index contributed by atoms with van der Waals surface area (Å²) in [4.78, 5) is 11.7. The number of aromatic nitrogens is 1. The van der Waals surface area contributed by atoms with Crippen molar-refractivity contribution in [1.29, 1.82) is 0 Å². The van der Waals surface area contributed by atoms with Crippen molar-refractivity contribution in [3.63, 3.8) is 0 Å². The fourth-order valence-electron chi connectivity index (χ4n) is 4.47. The van der Waals surface area contributed by atoms with Crippen LogP contribution in [0.5, 0.6) is 0 Å². The van der Waals surface area contributed by atoms with Crippen LogP contribution in [0.4, 0.5) is 0 Å². The molecule has 6 nitrogen and oxygen atoms in total. The molecule has 2 aromatic rings. The van der Waals surface area contributed by atoms with Crippen LogP contribution >= 0.6 is 0 Å². The number of benzene rings is 1. The molecule has 1 saturated carbocycles. The Morgan fingerprint density at radius 2 is 1.93 bits per heavy atom. The molecular formula is C21H25NO5. The van der Waals surface area contributed by atoms with Crippen LogP contribution in [-0.4, -0.2) is 29.9 Å². The van der Waals surface area contributed by atoms with Gasteiger partial charge in [0.2, 0.25) is 0 Å². The van der Waals surface area contributed by atoms with E-state index in [0.29, 0.717) is 24.5 Å². The van der Waals surface area contributed by atoms with Crippen molar-refractivity contribution < 1.29 is 23.9 Å². The molecule has 6 heteroatoms. The van der Waals surface area contributed by atoms with E-state index in [-0.39, 0.29) is 23.6 Å². The Bertz CT molecular complexity index is 814. The molecule has 5 rings (SSSR count). The number of nitrogens with zero attached hydrogens (tertiary/aromatic N) is 1. The number of hydrogen-bond donors (Lipinski definition) is 1. The van der Waals surface area contributed by atoms with Crippen LogP contribution < -0.4 is 0 Å². The maximum absolute atomic E-state index is 11.7. The summed E-state index contributed by atoms with van der Waals surface area (Å²) in [6.07, 6.45) is 4.20. The van der Waals surface area contributed by atoms with Crippen molar-refractivity contribution in [3.8, 4) is 11.3 Å². The number of rotatable bonds is 5. The number of methoxy groups -OCH3 is 1. The van der Waals surface area contributed by atoms with Gasteiger partial charge in [0.05, 0.1) is 38.0 Å². The zero-order valence-corrected chi connectivity index (χ0v) is 15.8. The minimum atomic E-state index is -0.270. The van der Waals surface area contributed by atoms with Gasteiger partial charge in [0, 0.05) is 16.5 Å². The summed E-state index contributed by atoms with van der Waals surface area (Å²) in [6, 6.07) is 8.15. The molecule has 0 unspecified atom stereocenters. The first-order chi connectivity index (χ1) is 13.0. The van der Waals surface area contributed by atoms with Crippen LogP contribution in [-0.2, 0) is 26.5 Å². The molecule has 0 atom stereocenters. The smallest absolute Gasteiger partial charge is 0.306 e. The third-order valence-electron chi connectivity index (χ3n) is 6.34. The Morgan fingerprint density at radius 1 is 1.22 bits per heavy atom. The van der Waals surface area contributed by atoms with Gasteiger partial charge in [-0.15, -0.1) is 0 Å². The molecule has 1 N–H and O–H groups in total. The average Bonchev–Trinajstić information content (AvgIpc) is 3.09. The fourth-order valence-corrected chi connectivity index (χ4v) is 4.47. The van der Waals surface area contributed by atoms with E-state index in [9.17, 15) is 9.90 Å². The van der Waals surface area contributed by atoms with Crippen LogP contribution in [0.3, 0.4) is 0 Å². The highest BCUT2D eigenvalue weighted by Gasteiger charge is 2.51. The van der Waals surface area contributed by atoms with Gasteiger partial charge < -0.3 is 19.1 Å². The Hall–Kier alpha value is -2.18. The summed E-state index contributed by atoms with van der Waals surface area (Å²) in [5, 5.41) is 13.5. The largest absolute Gasteiger partial charge is 0.469 e. The van der Waals surface area contributed by atoms with E-state index in [1.807, 2.05) is 19.1 Å². The van der Waals surface area contributed by atoms with Crippen LogP contribution in [0.1, 0.15) is 48.9 Å². The number of fused-ring (bicyclic) bond motifs is 3. The molecule has 2 aliphatic heterocycles. The zero-order valence-electron chi connectivity index (χ0n) is 15.8. The van der Waals surface area contributed by atoms with Crippen LogP contribution in [0.25, 0.3) is 11.3 Å². The van der Waals surface area contributed by atoms with E-state index in [0.717, 1.165) is 42.4 Å². The number of carbonyl (C=O) groups excluding carboxylic acids is 1. The first-order valence-electron chi connectivity index (χ1n) is 9.39. The molecule has 27 heavy (non-hydrogen) atoms. The Labute approximate surface area is 158 Å². The Morgan fingerprint density at radius 3 is 2.48 bits per heavy atom. The second kappa shape index (κ2) is 6.77. The molecule has 3 aliphatic rings. The van der Waals surface area contributed by atoms with Crippen molar-refractivity contribution >= 4 is 5.97 Å². The first kappa shape index (κ1) is 18.2. The average molecular weight is 371 g/mol. The van der Waals surface area contributed by atoms with Gasteiger partial charge in [-0.05, 0) is 38.2 Å². The van der Waals surface area contributed by atoms with E-state index < -0.39 is 0 Å². The maximum atomic E-state index is 11.7. The number of hydrogen-bond acceptors (Lipinski definition) is 6. The standard InChI is InChI=1S/C21H25NO5/c1-14-17(12-23)19(27-22-14)15-3-5-16(6-4-15)21-9-7-20(8-10-21,13-26-21)11-18(24)25-2/h3-6,23H,7-13H2,1-2H3. The van der Waals surface area contributed by atoms with E-state index in [4.69, 9.17) is 14.0 Å². The summed E-state index contributed by atoms with van der Waals surface area (Å²) in [7, 11) is 1.44. The van der Waals surface area contributed by atoms with Crippen molar-refractivity contribution in [2.24, 2.45) is 5.41 Å². The SMILES string of the molecule is COC(=O)CC12CCC(c3ccc(-c4onc(C)c4CO)cc3)(CC1)OC2. The molecule has 3 fully saturated rings. The number of aryl methyl sites for hydroxylation is 1. The molecule has 1 aromatic carbocycles. The molecule has 1 aromatic heterocycles. The van der Waals surface area contributed by atoms with E-state index in [1.165, 1.54) is 7.11 Å². The highest BCUT2D eigenvalue weighted by atomic mass is 16.5. The third kappa shape index (κ3) is 3.07. The summed E-state index contributed by atoms with van der Waals surface area (Å²) in [5.41, 5.74) is 3.14. The van der Waals surface area contributed by atoms with Crippen molar-refractivity contribution in [2.75, 3.05) is 13.7 Å². The van der Waals surface area contributed by atoms with E-state index in [1.54, 1.807) is 0 Å². The van der Waals surface area contributed by atoms with E-state index in [2.05, 4.69) is 17.3 Å². The molecule has 0 spiro atoms. The number of aliphatic hydroxyl groups is 1. The number of aliphatic hydroxyl groups excluding tert-OH is 1. The molecule has 144 valence electrons. The quantitative estimate of drug-likeness (QED) is 0.810. The number of ether oxygens (including phenoxy) is 2. The maximum Gasteiger partial charge on any atom is 0.306 e. The second-order valence-corrected chi connectivity index (χ2v) is 7.85. The van der Waals surface area contributed by atoms with Gasteiger partial charge in [-0.25, -0.2) is 0 Å². The number of esters is 1. The lowest BCUT2D eigenvalue weighted by molar-refractivity contribution is -0.196. The predicted octanol–water partition coefficient (Wildman–Crippen LogP) is 3.49. The van der Waals surface area contributed by atoms with Gasteiger partial charge in [-0.3, -0.25) is 4.79 Å². The lowest BCUT2D eigenvalue weighted by Crippen LogP contribution is -2.50. The van der Waals surface area contributed by atoms with Gasteiger partial charge in [0.25, 0.3) is 0 Å².